The van der Waals surface area contributed by atoms with E-state index in [-0.39, 0.29) is 18.4 Å². The molecule has 30 heavy (non-hydrogen) atoms. The molecule has 6 nitrogen and oxygen atoms in total. The van der Waals surface area contributed by atoms with Gasteiger partial charge in [-0.15, -0.1) is 0 Å². The molecule has 1 amide bonds. The molecule has 0 aliphatic heterocycles. The first-order valence-electron chi connectivity index (χ1n) is 9.83. The van der Waals surface area contributed by atoms with Gasteiger partial charge >= 0.3 is 11.6 Å². The largest absolute Gasteiger partial charge is 0.459 e. The van der Waals surface area contributed by atoms with Crippen LogP contribution in [0.1, 0.15) is 40.9 Å². The Labute approximate surface area is 174 Å². The van der Waals surface area contributed by atoms with Crippen LogP contribution in [0.5, 0.6) is 0 Å². The number of ether oxygens (including phenoxy) is 1. The Kier molecular flexibility index (Phi) is 6.35. The summed E-state index contributed by atoms with van der Waals surface area (Å²) in [7, 11) is 0. The molecule has 1 heterocycles. The molecule has 1 aromatic heterocycles. The number of esters is 1. The molecule has 156 valence electrons. The lowest BCUT2D eigenvalue weighted by atomic mass is 10.0. The molecule has 0 radical (unpaired) electrons. The van der Waals surface area contributed by atoms with Crippen LogP contribution in [0.25, 0.3) is 11.0 Å². The molecule has 0 bridgehead atoms. The Hall–Kier alpha value is -3.41. The van der Waals surface area contributed by atoms with Crippen LogP contribution in [-0.4, -0.2) is 17.9 Å². The topological polar surface area (TPSA) is 85.6 Å². The highest BCUT2D eigenvalue weighted by Gasteiger charge is 2.26. The molecule has 2 aromatic carbocycles. The van der Waals surface area contributed by atoms with E-state index in [9.17, 15) is 14.4 Å². The maximum Gasteiger partial charge on any atom is 0.336 e. The first kappa shape index (κ1) is 21.3. The number of carbonyl (C=O) groups excluding carboxylic acids is 2. The fourth-order valence-electron chi connectivity index (χ4n) is 3.19. The van der Waals surface area contributed by atoms with Gasteiger partial charge in [-0.25, -0.2) is 9.59 Å². The third-order valence-corrected chi connectivity index (χ3v) is 5.13. The van der Waals surface area contributed by atoms with Crippen molar-refractivity contribution < 1.29 is 18.7 Å². The fraction of sp³-hybridized carbons (Fsp3) is 0.292. The number of carbonyl (C=O) groups is 2. The predicted molar refractivity (Wildman–Crippen MR) is 114 cm³/mol. The Morgan fingerprint density at radius 3 is 2.43 bits per heavy atom. The lowest BCUT2D eigenvalue weighted by Crippen LogP contribution is -2.45. The summed E-state index contributed by atoms with van der Waals surface area (Å²) in [5, 5.41) is 3.46. The van der Waals surface area contributed by atoms with Crippen molar-refractivity contribution in [2.45, 2.75) is 40.3 Å². The Morgan fingerprint density at radius 2 is 1.77 bits per heavy atom. The standard InChI is InChI=1S/C24H25NO5/c1-14(2)21(25-23(27)17-8-6-5-7-9-17)24(28)29-13-18-12-20(26)30-22-16(4)15(3)10-11-19(18)22/h5-12,14,21H,13H2,1-4H3,(H,25,27)/t21-/m1/s1. The molecule has 1 N–H and O–H groups in total. The van der Waals surface area contributed by atoms with Crippen LogP contribution < -0.4 is 10.9 Å². The minimum atomic E-state index is -0.812. The smallest absolute Gasteiger partial charge is 0.336 e. The van der Waals surface area contributed by atoms with E-state index in [0.29, 0.717) is 16.7 Å². The molecule has 3 rings (SSSR count). The second-order valence-electron chi connectivity index (χ2n) is 7.64. The molecule has 0 spiro atoms. The Balaban J connectivity index is 1.78. The molecule has 0 unspecified atom stereocenters. The molecular weight excluding hydrogens is 382 g/mol. The average Bonchev–Trinajstić information content (AvgIpc) is 2.73. The Morgan fingerprint density at radius 1 is 1.07 bits per heavy atom. The average molecular weight is 407 g/mol. The van der Waals surface area contributed by atoms with Gasteiger partial charge in [0, 0.05) is 22.6 Å². The highest BCUT2D eigenvalue weighted by molar-refractivity contribution is 5.96. The first-order valence-corrected chi connectivity index (χ1v) is 9.83. The van der Waals surface area contributed by atoms with Crippen molar-refractivity contribution in [3.63, 3.8) is 0 Å². The summed E-state index contributed by atoms with van der Waals surface area (Å²) < 4.78 is 10.8. The van der Waals surface area contributed by atoms with E-state index >= 15 is 0 Å². The molecule has 0 aliphatic carbocycles. The van der Waals surface area contributed by atoms with Gasteiger partial charge in [0.05, 0.1) is 0 Å². The highest BCUT2D eigenvalue weighted by Crippen LogP contribution is 2.24. The van der Waals surface area contributed by atoms with Crippen molar-refractivity contribution in [2.75, 3.05) is 0 Å². The molecule has 0 saturated carbocycles. The minimum absolute atomic E-state index is 0.0894. The van der Waals surface area contributed by atoms with Gasteiger partial charge in [-0.2, -0.15) is 0 Å². The van der Waals surface area contributed by atoms with Crippen molar-refractivity contribution in [2.24, 2.45) is 5.92 Å². The predicted octanol–water partition coefficient (Wildman–Crippen LogP) is 3.91. The number of rotatable bonds is 6. The lowest BCUT2D eigenvalue weighted by Gasteiger charge is -2.21. The van der Waals surface area contributed by atoms with E-state index in [1.54, 1.807) is 24.3 Å². The van der Waals surface area contributed by atoms with Gasteiger partial charge in [0.15, 0.2) is 0 Å². The van der Waals surface area contributed by atoms with Gasteiger partial charge in [0.1, 0.15) is 18.2 Å². The fourth-order valence-corrected chi connectivity index (χ4v) is 3.19. The van der Waals surface area contributed by atoms with Gasteiger partial charge in [-0.05, 0) is 43.0 Å². The minimum Gasteiger partial charge on any atom is -0.459 e. The molecular formula is C24H25NO5. The maximum absolute atomic E-state index is 12.7. The SMILES string of the molecule is Cc1ccc2c(COC(=O)[C@H](NC(=O)c3ccccc3)C(C)C)cc(=O)oc2c1C. The zero-order valence-electron chi connectivity index (χ0n) is 17.5. The molecule has 0 fully saturated rings. The van der Waals surface area contributed by atoms with E-state index in [2.05, 4.69) is 5.32 Å². The van der Waals surface area contributed by atoms with E-state index in [1.807, 2.05) is 45.9 Å². The van der Waals surface area contributed by atoms with E-state index in [1.165, 1.54) is 6.07 Å². The number of aryl methyl sites for hydroxylation is 2. The second-order valence-corrected chi connectivity index (χ2v) is 7.64. The number of hydrogen-bond acceptors (Lipinski definition) is 5. The molecule has 1 atom stereocenters. The zero-order valence-corrected chi connectivity index (χ0v) is 17.5. The number of fused-ring (bicyclic) bond motifs is 1. The van der Waals surface area contributed by atoms with Crippen LogP contribution in [0.3, 0.4) is 0 Å². The number of amides is 1. The van der Waals surface area contributed by atoms with Crippen LogP contribution in [0.2, 0.25) is 0 Å². The van der Waals surface area contributed by atoms with E-state index in [0.717, 1.165) is 16.5 Å². The molecule has 6 heteroatoms. The van der Waals surface area contributed by atoms with Gasteiger partial charge < -0.3 is 14.5 Å². The van der Waals surface area contributed by atoms with Crippen LogP contribution in [0, 0.1) is 19.8 Å². The highest BCUT2D eigenvalue weighted by atomic mass is 16.5. The monoisotopic (exact) mass is 407 g/mol. The summed E-state index contributed by atoms with van der Waals surface area (Å²) in [4.78, 5) is 37.2. The van der Waals surface area contributed by atoms with Crippen LogP contribution in [-0.2, 0) is 16.1 Å². The number of nitrogens with one attached hydrogen (secondary N) is 1. The van der Waals surface area contributed by atoms with Gasteiger partial charge in [-0.3, -0.25) is 4.79 Å². The summed E-state index contributed by atoms with van der Waals surface area (Å²) in [6, 6.07) is 13.0. The zero-order chi connectivity index (χ0) is 21.8. The summed E-state index contributed by atoms with van der Waals surface area (Å²) in [5.74, 6) is -1.07. The molecule has 3 aromatic rings. The third kappa shape index (κ3) is 4.59. The van der Waals surface area contributed by atoms with E-state index < -0.39 is 17.6 Å². The summed E-state index contributed by atoms with van der Waals surface area (Å²) >= 11 is 0. The Bertz CT molecular complexity index is 1130. The summed E-state index contributed by atoms with van der Waals surface area (Å²) in [5.41, 5.74) is 2.89. The summed E-state index contributed by atoms with van der Waals surface area (Å²) in [6.07, 6.45) is 0. The normalized spacial score (nSPS) is 12.0. The van der Waals surface area contributed by atoms with Gasteiger partial charge in [0.25, 0.3) is 5.91 Å². The van der Waals surface area contributed by atoms with Crippen molar-refractivity contribution in [1.82, 2.24) is 5.32 Å². The molecule has 0 aliphatic rings. The van der Waals surface area contributed by atoms with Gasteiger partial charge in [0.2, 0.25) is 0 Å². The van der Waals surface area contributed by atoms with Crippen LogP contribution >= 0.6 is 0 Å². The lowest BCUT2D eigenvalue weighted by molar-refractivity contribution is -0.148. The van der Waals surface area contributed by atoms with Crippen molar-refractivity contribution in [3.8, 4) is 0 Å². The number of hydrogen-bond donors (Lipinski definition) is 1. The van der Waals surface area contributed by atoms with Crippen LogP contribution in [0.15, 0.2) is 57.7 Å². The quantitative estimate of drug-likeness (QED) is 0.495. The van der Waals surface area contributed by atoms with Crippen molar-refractivity contribution >= 4 is 22.8 Å². The number of benzene rings is 2. The molecule has 0 saturated heterocycles. The van der Waals surface area contributed by atoms with Crippen molar-refractivity contribution in [1.29, 1.82) is 0 Å². The maximum atomic E-state index is 12.7. The first-order chi connectivity index (χ1) is 14.3. The van der Waals surface area contributed by atoms with E-state index in [4.69, 9.17) is 9.15 Å². The van der Waals surface area contributed by atoms with Crippen LogP contribution in [0.4, 0.5) is 0 Å². The van der Waals surface area contributed by atoms with Crippen molar-refractivity contribution in [3.05, 3.63) is 81.2 Å². The van der Waals surface area contributed by atoms with Gasteiger partial charge in [-0.1, -0.05) is 44.2 Å². The summed E-state index contributed by atoms with van der Waals surface area (Å²) in [6.45, 7) is 7.38. The second kappa shape index (κ2) is 8.95. The third-order valence-electron chi connectivity index (χ3n) is 5.13.